The van der Waals surface area contributed by atoms with E-state index in [1.54, 1.807) is 12.1 Å². The number of rotatable bonds is 8. The van der Waals surface area contributed by atoms with Gasteiger partial charge < -0.3 is 9.64 Å². The predicted molar refractivity (Wildman–Crippen MR) is 81.4 cm³/mol. The van der Waals surface area contributed by atoms with Crippen molar-refractivity contribution in [2.45, 2.75) is 18.1 Å². The summed E-state index contributed by atoms with van der Waals surface area (Å²) in [5.41, 5.74) is 0.730. The lowest BCUT2D eigenvalue weighted by molar-refractivity contribution is 0.112. The van der Waals surface area contributed by atoms with Gasteiger partial charge in [-0.15, -0.1) is 0 Å². The molecule has 0 aromatic heterocycles. The molecule has 1 saturated carbocycles. The Morgan fingerprint density at radius 2 is 2.10 bits per heavy atom. The predicted octanol–water partition coefficient (Wildman–Crippen LogP) is 1.34. The van der Waals surface area contributed by atoms with Crippen LogP contribution in [0.15, 0.2) is 18.2 Å². The molecule has 1 N–H and O–H groups in total. The third kappa shape index (κ3) is 4.44. The van der Waals surface area contributed by atoms with Crippen molar-refractivity contribution >= 4 is 22.0 Å². The Morgan fingerprint density at radius 3 is 2.67 bits per heavy atom. The maximum Gasteiger partial charge on any atom is 0.235 e. The van der Waals surface area contributed by atoms with Gasteiger partial charge in [0, 0.05) is 12.1 Å². The molecule has 0 saturated heterocycles. The Bertz CT molecular complexity index is 609. The van der Waals surface area contributed by atoms with Gasteiger partial charge in [-0.2, -0.15) is 0 Å². The fourth-order valence-electron chi connectivity index (χ4n) is 1.78. The van der Waals surface area contributed by atoms with Crippen molar-refractivity contribution < 1.29 is 17.9 Å². The zero-order chi connectivity index (χ0) is 15.5. The summed E-state index contributed by atoms with van der Waals surface area (Å²) < 4.78 is 32.2. The van der Waals surface area contributed by atoms with Gasteiger partial charge in [0.15, 0.2) is 0 Å². The lowest BCUT2D eigenvalue weighted by Gasteiger charge is -2.15. The van der Waals surface area contributed by atoms with Gasteiger partial charge in [-0.05, 0) is 45.1 Å². The Morgan fingerprint density at radius 1 is 1.38 bits per heavy atom. The molecule has 7 heteroatoms. The molecule has 0 heterocycles. The van der Waals surface area contributed by atoms with Crippen LogP contribution in [0, 0.1) is 0 Å². The molecular weight excluding hydrogens is 292 g/mol. The number of likely N-dealkylation sites (N-methyl/N-ethyl adjacent to an activating group) is 1. The Kier molecular flexibility index (Phi) is 4.84. The van der Waals surface area contributed by atoms with Crippen molar-refractivity contribution in [3.05, 3.63) is 23.8 Å². The van der Waals surface area contributed by atoms with Gasteiger partial charge in [0.25, 0.3) is 0 Å². The normalized spacial score (nSPS) is 15.0. The average Bonchev–Trinajstić information content (AvgIpc) is 3.24. The van der Waals surface area contributed by atoms with Crippen molar-refractivity contribution in [1.29, 1.82) is 0 Å². The fourth-order valence-corrected chi connectivity index (χ4v) is 3.17. The molecule has 116 valence electrons. The maximum absolute atomic E-state index is 12.0. The molecule has 0 amide bonds. The molecule has 1 aliphatic carbocycles. The van der Waals surface area contributed by atoms with Crippen molar-refractivity contribution in [2.75, 3.05) is 32.0 Å². The standard InChI is InChI=1S/C14H20N2O4S/c1-16(2)7-8-20-14-6-3-11(10-17)9-13(14)15-21(18,19)12-4-5-12/h3,6,9-10,12,15H,4-5,7-8H2,1-2H3. The molecule has 21 heavy (non-hydrogen) atoms. The van der Waals surface area contributed by atoms with Crippen molar-refractivity contribution in [2.24, 2.45) is 0 Å². The lowest BCUT2D eigenvalue weighted by Crippen LogP contribution is -2.21. The minimum Gasteiger partial charge on any atom is -0.490 e. The Balaban J connectivity index is 2.16. The summed E-state index contributed by atoms with van der Waals surface area (Å²) in [5, 5.41) is -0.327. The first kappa shape index (κ1) is 15.8. The number of hydrogen-bond acceptors (Lipinski definition) is 5. The summed E-state index contributed by atoms with van der Waals surface area (Å²) in [6.07, 6.45) is 2.04. The molecule has 0 unspecified atom stereocenters. The summed E-state index contributed by atoms with van der Waals surface area (Å²) in [6, 6.07) is 4.72. The summed E-state index contributed by atoms with van der Waals surface area (Å²) >= 11 is 0. The average molecular weight is 312 g/mol. The van der Waals surface area contributed by atoms with E-state index in [1.807, 2.05) is 19.0 Å². The number of carbonyl (C=O) groups is 1. The second-order valence-electron chi connectivity index (χ2n) is 5.37. The van der Waals surface area contributed by atoms with Gasteiger partial charge >= 0.3 is 0 Å². The van der Waals surface area contributed by atoms with E-state index in [-0.39, 0.29) is 5.25 Å². The lowest BCUT2D eigenvalue weighted by atomic mass is 10.2. The van der Waals surface area contributed by atoms with Crippen LogP contribution >= 0.6 is 0 Å². The van der Waals surface area contributed by atoms with Crippen molar-refractivity contribution in [3.8, 4) is 5.75 Å². The molecule has 2 rings (SSSR count). The second kappa shape index (κ2) is 6.44. The highest BCUT2D eigenvalue weighted by Crippen LogP contribution is 2.33. The smallest absolute Gasteiger partial charge is 0.235 e. The summed E-state index contributed by atoms with van der Waals surface area (Å²) in [7, 11) is 0.467. The van der Waals surface area contributed by atoms with Crippen LogP contribution in [0.1, 0.15) is 23.2 Å². The molecule has 0 spiro atoms. The molecule has 1 aromatic rings. The number of ether oxygens (including phenoxy) is 1. The molecule has 1 aromatic carbocycles. The molecule has 1 fully saturated rings. The number of benzene rings is 1. The van der Waals surface area contributed by atoms with Crippen molar-refractivity contribution in [3.63, 3.8) is 0 Å². The molecule has 1 aliphatic rings. The van der Waals surface area contributed by atoms with Crippen LogP contribution in [0.3, 0.4) is 0 Å². The largest absolute Gasteiger partial charge is 0.490 e. The highest BCUT2D eigenvalue weighted by Gasteiger charge is 2.36. The molecule has 0 atom stereocenters. The van der Waals surface area contributed by atoms with E-state index < -0.39 is 10.0 Å². The molecule has 0 aliphatic heterocycles. The third-order valence-corrected chi connectivity index (χ3v) is 5.00. The number of anilines is 1. The zero-order valence-corrected chi connectivity index (χ0v) is 13.0. The van der Waals surface area contributed by atoms with Crippen LogP contribution in [-0.4, -0.2) is 52.1 Å². The first-order valence-electron chi connectivity index (χ1n) is 6.81. The third-order valence-electron chi connectivity index (χ3n) is 3.15. The summed E-state index contributed by atoms with van der Waals surface area (Å²) in [5.74, 6) is 0.437. The molecule has 0 radical (unpaired) electrons. The van der Waals surface area contributed by atoms with Gasteiger partial charge in [0.05, 0.1) is 10.9 Å². The number of aldehydes is 1. The highest BCUT2D eigenvalue weighted by molar-refractivity contribution is 7.93. The highest BCUT2D eigenvalue weighted by atomic mass is 32.2. The quantitative estimate of drug-likeness (QED) is 0.733. The topological polar surface area (TPSA) is 75.7 Å². The van der Waals surface area contributed by atoms with Crippen LogP contribution in [0.25, 0.3) is 0 Å². The summed E-state index contributed by atoms with van der Waals surface area (Å²) in [4.78, 5) is 12.8. The Labute approximate surface area is 125 Å². The van der Waals surface area contributed by atoms with E-state index >= 15 is 0 Å². The van der Waals surface area contributed by atoms with E-state index in [1.165, 1.54) is 6.07 Å². The minimum atomic E-state index is -3.39. The van der Waals surface area contributed by atoms with Crippen LogP contribution < -0.4 is 9.46 Å². The second-order valence-corrected chi connectivity index (χ2v) is 7.33. The van der Waals surface area contributed by atoms with Crippen LogP contribution in [0.5, 0.6) is 5.75 Å². The van der Waals surface area contributed by atoms with Crippen molar-refractivity contribution in [1.82, 2.24) is 4.90 Å². The van der Waals surface area contributed by atoms with E-state index in [0.29, 0.717) is 49.3 Å². The minimum absolute atomic E-state index is 0.324. The molecular formula is C14H20N2O4S. The van der Waals surface area contributed by atoms with Gasteiger partial charge in [0.1, 0.15) is 18.6 Å². The molecule has 6 nitrogen and oxygen atoms in total. The van der Waals surface area contributed by atoms with Gasteiger partial charge in [-0.3, -0.25) is 9.52 Å². The SMILES string of the molecule is CN(C)CCOc1ccc(C=O)cc1NS(=O)(=O)C1CC1. The zero-order valence-electron chi connectivity index (χ0n) is 12.2. The number of carbonyl (C=O) groups excluding carboxylic acids is 1. The Hall–Kier alpha value is -1.60. The fraction of sp³-hybridized carbons (Fsp3) is 0.500. The maximum atomic E-state index is 12.0. The van der Waals surface area contributed by atoms with Crippen LogP contribution in [0.2, 0.25) is 0 Å². The van der Waals surface area contributed by atoms with Gasteiger partial charge in [0.2, 0.25) is 10.0 Å². The van der Waals surface area contributed by atoms with E-state index in [0.717, 1.165) is 0 Å². The number of sulfonamides is 1. The molecule has 0 bridgehead atoms. The number of nitrogens with zero attached hydrogens (tertiary/aromatic N) is 1. The first-order valence-corrected chi connectivity index (χ1v) is 8.35. The van der Waals surface area contributed by atoms with E-state index in [9.17, 15) is 13.2 Å². The van der Waals surface area contributed by atoms with Crippen LogP contribution in [-0.2, 0) is 10.0 Å². The number of hydrogen-bond donors (Lipinski definition) is 1. The summed E-state index contributed by atoms with van der Waals surface area (Å²) in [6.45, 7) is 1.15. The number of nitrogens with one attached hydrogen (secondary N) is 1. The first-order chi connectivity index (χ1) is 9.92. The van der Waals surface area contributed by atoms with E-state index in [4.69, 9.17) is 4.74 Å². The van der Waals surface area contributed by atoms with Crippen LogP contribution in [0.4, 0.5) is 5.69 Å². The van der Waals surface area contributed by atoms with Gasteiger partial charge in [-0.1, -0.05) is 0 Å². The van der Waals surface area contributed by atoms with E-state index in [2.05, 4.69) is 4.72 Å². The monoisotopic (exact) mass is 312 g/mol. The van der Waals surface area contributed by atoms with Gasteiger partial charge in [-0.25, -0.2) is 8.42 Å².